The van der Waals surface area contributed by atoms with Crippen molar-refractivity contribution in [1.29, 1.82) is 0 Å². The molecular formula is C30H16N4S2. The van der Waals surface area contributed by atoms with E-state index in [-0.39, 0.29) is 0 Å². The topological polar surface area (TPSA) is 51.6 Å². The van der Waals surface area contributed by atoms with Crippen LogP contribution in [-0.4, -0.2) is 19.9 Å². The summed E-state index contributed by atoms with van der Waals surface area (Å²) in [6.07, 6.45) is 3.62. The van der Waals surface area contributed by atoms with E-state index in [1.807, 2.05) is 12.4 Å². The Morgan fingerprint density at radius 1 is 0.472 bits per heavy atom. The van der Waals surface area contributed by atoms with Gasteiger partial charge >= 0.3 is 0 Å². The normalized spacial score (nSPS) is 11.9. The number of rotatable bonds is 2. The number of thiophene rings is 2. The average Bonchev–Trinajstić information content (AvgIpc) is 3.49. The fourth-order valence-electron chi connectivity index (χ4n) is 4.83. The lowest BCUT2D eigenvalue weighted by Crippen LogP contribution is -1.95. The van der Waals surface area contributed by atoms with Crippen LogP contribution < -0.4 is 0 Å². The summed E-state index contributed by atoms with van der Waals surface area (Å²) in [5.74, 6) is 1.35. The maximum atomic E-state index is 4.83. The van der Waals surface area contributed by atoms with Crippen LogP contribution >= 0.6 is 22.7 Å². The smallest absolute Gasteiger partial charge is 0.167 e. The van der Waals surface area contributed by atoms with Crippen molar-refractivity contribution < 1.29 is 0 Å². The van der Waals surface area contributed by atoms with Crippen LogP contribution in [0.2, 0.25) is 0 Å². The van der Waals surface area contributed by atoms with E-state index in [1.165, 1.54) is 40.3 Å². The van der Waals surface area contributed by atoms with Crippen LogP contribution in [0.4, 0.5) is 0 Å². The SMILES string of the molecule is c1ccc2c(c1)sc1cc(-c3ncc4cnc(-c5ccc6c(c5)sc5ccccc56)nc4n3)ccc12. The first-order valence-corrected chi connectivity index (χ1v) is 13.3. The summed E-state index contributed by atoms with van der Waals surface area (Å²) in [6, 6.07) is 29.9. The molecule has 0 fully saturated rings. The Balaban J connectivity index is 1.23. The van der Waals surface area contributed by atoms with Crippen LogP contribution in [0, 0.1) is 0 Å². The maximum Gasteiger partial charge on any atom is 0.167 e. The lowest BCUT2D eigenvalue weighted by molar-refractivity contribution is 1.15. The van der Waals surface area contributed by atoms with E-state index in [9.17, 15) is 0 Å². The highest BCUT2D eigenvalue weighted by Gasteiger charge is 2.12. The summed E-state index contributed by atoms with van der Waals surface area (Å²) < 4.78 is 5.05. The van der Waals surface area contributed by atoms with Gasteiger partial charge in [0.2, 0.25) is 0 Å². The van der Waals surface area contributed by atoms with Crippen molar-refractivity contribution in [3.63, 3.8) is 0 Å². The van der Waals surface area contributed by atoms with E-state index < -0.39 is 0 Å². The highest BCUT2D eigenvalue weighted by molar-refractivity contribution is 7.26. The molecule has 0 saturated carbocycles. The first kappa shape index (κ1) is 20.0. The standard InChI is InChI=1S/C30H16N4S2/c1-3-7-24-20(5-1)22-11-9-17(13-26(22)35-24)28-31-15-19-16-32-29(34-30(19)33-28)18-10-12-23-21-6-2-4-8-25(21)36-27(23)14-18/h1-16H. The van der Waals surface area contributed by atoms with Gasteiger partial charge in [0.05, 0.1) is 5.39 Å². The third-order valence-electron chi connectivity index (χ3n) is 6.61. The Labute approximate surface area is 213 Å². The van der Waals surface area contributed by atoms with Gasteiger partial charge in [0.15, 0.2) is 17.3 Å². The molecule has 4 aromatic heterocycles. The van der Waals surface area contributed by atoms with Crippen LogP contribution in [0.1, 0.15) is 0 Å². The highest BCUT2D eigenvalue weighted by Crippen LogP contribution is 2.37. The van der Waals surface area contributed by atoms with Crippen molar-refractivity contribution in [2.24, 2.45) is 0 Å². The molecule has 0 saturated heterocycles. The van der Waals surface area contributed by atoms with Crippen LogP contribution in [0.25, 0.3) is 74.2 Å². The molecule has 0 radical (unpaired) electrons. The van der Waals surface area contributed by atoms with Gasteiger partial charge in [-0.2, -0.15) is 0 Å². The summed E-state index contributed by atoms with van der Waals surface area (Å²) in [6.45, 7) is 0. The molecule has 0 spiro atoms. The summed E-state index contributed by atoms with van der Waals surface area (Å²) in [7, 11) is 0. The van der Waals surface area contributed by atoms with Crippen molar-refractivity contribution in [3.8, 4) is 22.8 Å². The highest BCUT2D eigenvalue weighted by atomic mass is 32.1. The summed E-state index contributed by atoms with van der Waals surface area (Å²) in [5.41, 5.74) is 2.63. The minimum atomic E-state index is 0.651. The van der Waals surface area contributed by atoms with Gasteiger partial charge in [-0.3, -0.25) is 0 Å². The zero-order valence-corrected chi connectivity index (χ0v) is 20.5. The van der Waals surface area contributed by atoms with Gasteiger partial charge in [-0.05, 0) is 24.3 Å². The third kappa shape index (κ3) is 3.05. The number of hydrogen-bond donors (Lipinski definition) is 0. The minimum absolute atomic E-state index is 0.651. The van der Waals surface area contributed by atoms with E-state index in [0.29, 0.717) is 17.3 Å². The number of benzene rings is 4. The molecule has 0 atom stereocenters. The van der Waals surface area contributed by atoms with Gasteiger partial charge in [-0.1, -0.05) is 60.7 Å². The Hall–Kier alpha value is -4.26. The number of nitrogens with zero attached hydrogens (tertiary/aromatic N) is 4. The van der Waals surface area contributed by atoms with Crippen LogP contribution in [0.5, 0.6) is 0 Å². The van der Waals surface area contributed by atoms with E-state index in [2.05, 4.69) is 94.9 Å². The largest absolute Gasteiger partial charge is 0.236 e. The van der Waals surface area contributed by atoms with Crippen molar-refractivity contribution in [2.75, 3.05) is 0 Å². The maximum absolute atomic E-state index is 4.83. The fourth-order valence-corrected chi connectivity index (χ4v) is 7.12. The summed E-state index contributed by atoms with van der Waals surface area (Å²) >= 11 is 3.59. The van der Waals surface area contributed by atoms with Crippen molar-refractivity contribution in [3.05, 3.63) is 97.3 Å². The summed E-state index contributed by atoms with van der Waals surface area (Å²) in [4.78, 5) is 18.9. The second-order valence-electron chi connectivity index (χ2n) is 8.78. The monoisotopic (exact) mass is 496 g/mol. The Kier molecular flexibility index (Phi) is 4.23. The zero-order chi connectivity index (χ0) is 23.6. The van der Waals surface area contributed by atoms with Gasteiger partial charge in [0.1, 0.15) is 0 Å². The molecule has 6 heteroatoms. The molecular weight excluding hydrogens is 480 g/mol. The molecule has 36 heavy (non-hydrogen) atoms. The second kappa shape index (κ2) is 7.62. The first-order chi connectivity index (χ1) is 17.8. The van der Waals surface area contributed by atoms with Crippen LogP contribution in [0.15, 0.2) is 97.3 Å². The lowest BCUT2D eigenvalue weighted by atomic mass is 10.1. The molecule has 0 aliphatic rings. The van der Waals surface area contributed by atoms with E-state index >= 15 is 0 Å². The molecule has 4 aromatic carbocycles. The molecule has 0 amide bonds. The average molecular weight is 497 g/mol. The summed E-state index contributed by atoms with van der Waals surface area (Å²) in [5, 5.41) is 5.93. The molecule has 8 aromatic rings. The van der Waals surface area contributed by atoms with Crippen molar-refractivity contribution >= 4 is 74.1 Å². The van der Waals surface area contributed by atoms with Gasteiger partial charge in [0.25, 0.3) is 0 Å². The molecule has 0 unspecified atom stereocenters. The Bertz CT molecular complexity index is 1980. The van der Waals surface area contributed by atoms with Gasteiger partial charge in [0, 0.05) is 63.9 Å². The predicted molar refractivity (Wildman–Crippen MR) is 152 cm³/mol. The molecule has 168 valence electrons. The van der Waals surface area contributed by atoms with Gasteiger partial charge in [-0.25, -0.2) is 19.9 Å². The molecule has 8 rings (SSSR count). The third-order valence-corrected chi connectivity index (χ3v) is 8.87. The predicted octanol–water partition coefficient (Wildman–Crippen LogP) is 8.49. The van der Waals surface area contributed by atoms with E-state index in [0.717, 1.165) is 16.5 Å². The van der Waals surface area contributed by atoms with Gasteiger partial charge in [-0.15, -0.1) is 22.7 Å². The Morgan fingerprint density at radius 3 is 1.47 bits per heavy atom. The zero-order valence-electron chi connectivity index (χ0n) is 18.8. The fraction of sp³-hybridized carbons (Fsp3) is 0. The number of fused-ring (bicyclic) bond motifs is 7. The second-order valence-corrected chi connectivity index (χ2v) is 11.0. The molecule has 0 bridgehead atoms. The van der Waals surface area contributed by atoms with Crippen molar-refractivity contribution in [1.82, 2.24) is 19.9 Å². The molecule has 4 nitrogen and oxygen atoms in total. The molecule has 0 aliphatic carbocycles. The molecule has 0 aliphatic heterocycles. The van der Waals surface area contributed by atoms with Crippen LogP contribution in [0.3, 0.4) is 0 Å². The minimum Gasteiger partial charge on any atom is -0.236 e. The van der Waals surface area contributed by atoms with Crippen molar-refractivity contribution in [2.45, 2.75) is 0 Å². The lowest BCUT2D eigenvalue weighted by Gasteiger charge is -2.05. The molecule has 0 N–H and O–H groups in total. The first-order valence-electron chi connectivity index (χ1n) is 11.6. The number of aromatic nitrogens is 4. The molecule has 4 heterocycles. The van der Waals surface area contributed by atoms with E-state index in [4.69, 9.17) is 9.97 Å². The number of hydrogen-bond acceptors (Lipinski definition) is 6. The quantitative estimate of drug-likeness (QED) is 0.241. The van der Waals surface area contributed by atoms with Gasteiger partial charge < -0.3 is 0 Å². The Morgan fingerprint density at radius 2 is 0.944 bits per heavy atom. The van der Waals surface area contributed by atoms with Crippen LogP contribution in [-0.2, 0) is 0 Å². The van der Waals surface area contributed by atoms with E-state index in [1.54, 1.807) is 22.7 Å².